The fourth-order valence-electron chi connectivity index (χ4n) is 0.182. The highest BCUT2D eigenvalue weighted by Crippen LogP contribution is 1.83. The van der Waals surface area contributed by atoms with E-state index in [4.69, 9.17) is 5.11 Å². The standard InChI is InChI=1S/C4H6O4S/c1-9(7,8)3-2-4(5)6/h2-3H,1H3,(H,5,6)/b3-2-. The van der Waals surface area contributed by atoms with Crippen LogP contribution in [0.4, 0.5) is 0 Å². The first-order chi connectivity index (χ1) is 3.92. The van der Waals surface area contributed by atoms with Gasteiger partial charge in [0.1, 0.15) is 0 Å². The van der Waals surface area contributed by atoms with Crippen molar-refractivity contribution < 1.29 is 18.3 Å². The summed E-state index contributed by atoms with van der Waals surface area (Å²) < 4.78 is 20.4. The van der Waals surface area contributed by atoms with Crippen molar-refractivity contribution in [2.24, 2.45) is 0 Å². The monoisotopic (exact) mass is 150 g/mol. The molecule has 0 aliphatic heterocycles. The molecule has 0 aliphatic carbocycles. The summed E-state index contributed by atoms with van der Waals surface area (Å²) in [5, 5.41) is 8.56. The van der Waals surface area contributed by atoms with E-state index in [1.165, 1.54) is 0 Å². The Kier molecular flexibility index (Phi) is 2.39. The molecule has 1 N–H and O–H groups in total. The number of hydrogen-bond donors (Lipinski definition) is 1. The Morgan fingerprint density at radius 2 is 2.00 bits per heavy atom. The largest absolute Gasteiger partial charge is 0.478 e. The van der Waals surface area contributed by atoms with Crippen molar-refractivity contribution in [1.29, 1.82) is 0 Å². The maximum Gasteiger partial charge on any atom is 0.329 e. The van der Waals surface area contributed by atoms with Gasteiger partial charge in [0.2, 0.25) is 0 Å². The molecule has 0 spiro atoms. The SMILES string of the molecule is CS(=O)(=O)/C=C\C(=O)O. The van der Waals surface area contributed by atoms with Gasteiger partial charge in [-0.2, -0.15) is 0 Å². The molecule has 0 bridgehead atoms. The zero-order valence-corrected chi connectivity index (χ0v) is 5.55. The second-order valence-corrected chi connectivity index (χ2v) is 3.40. The van der Waals surface area contributed by atoms with E-state index in [1.807, 2.05) is 0 Å². The van der Waals surface area contributed by atoms with Crippen LogP contribution in [-0.4, -0.2) is 25.7 Å². The van der Waals surface area contributed by atoms with Crippen LogP contribution in [-0.2, 0) is 14.6 Å². The molecule has 0 atom stereocenters. The number of carbonyl (C=O) groups is 1. The third-order valence-electron chi connectivity index (χ3n) is 0.458. The topological polar surface area (TPSA) is 71.4 Å². The summed E-state index contributed by atoms with van der Waals surface area (Å²) in [6, 6.07) is 0. The van der Waals surface area contributed by atoms with Crippen LogP contribution >= 0.6 is 0 Å². The lowest BCUT2D eigenvalue weighted by atomic mass is 10.7. The van der Waals surface area contributed by atoms with E-state index >= 15 is 0 Å². The van der Waals surface area contributed by atoms with Gasteiger partial charge >= 0.3 is 5.97 Å². The van der Waals surface area contributed by atoms with Gasteiger partial charge in [-0.25, -0.2) is 13.2 Å². The highest BCUT2D eigenvalue weighted by Gasteiger charge is 1.93. The average Bonchev–Trinajstić information content (AvgIpc) is 1.59. The number of carboxylic acids is 1. The minimum Gasteiger partial charge on any atom is -0.478 e. The normalized spacial score (nSPS) is 12.1. The molecule has 0 aromatic heterocycles. The quantitative estimate of drug-likeness (QED) is 0.545. The van der Waals surface area contributed by atoms with Crippen molar-refractivity contribution in [3.05, 3.63) is 11.5 Å². The second kappa shape index (κ2) is 2.63. The first-order valence-electron chi connectivity index (χ1n) is 2.03. The molecule has 0 radical (unpaired) electrons. The van der Waals surface area contributed by atoms with Gasteiger partial charge in [-0.3, -0.25) is 0 Å². The highest BCUT2D eigenvalue weighted by molar-refractivity contribution is 7.93. The summed E-state index contributed by atoms with van der Waals surface area (Å²) in [6.45, 7) is 0. The van der Waals surface area contributed by atoms with Gasteiger partial charge in [-0.05, 0) is 0 Å². The predicted octanol–water partition coefficient (Wildman–Crippen LogP) is -0.371. The third-order valence-corrected chi connectivity index (χ3v) is 1.09. The van der Waals surface area contributed by atoms with Crippen molar-refractivity contribution >= 4 is 15.8 Å². The molecule has 0 amide bonds. The summed E-state index contributed by atoms with van der Waals surface area (Å²) >= 11 is 0. The van der Waals surface area contributed by atoms with Crippen LogP contribution in [0.1, 0.15) is 0 Å². The van der Waals surface area contributed by atoms with E-state index < -0.39 is 15.8 Å². The molecule has 0 fully saturated rings. The number of hydrogen-bond acceptors (Lipinski definition) is 3. The van der Waals surface area contributed by atoms with Crippen molar-refractivity contribution in [1.82, 2.24) is 0 Å². The first kappa shape index (κ1) is 8.16. The van der Waals surface area contributed by atoms with Crippen molar-refractivity contribution in [2.75, 3.05) is 6.26 Å². The Morgan fingerprint density at radius 3 is 2.11 bits per heavy atom. The maximum absolute atomic E-state index is 10.2. The number of aliphatic carboxylic acids is 1. The Bertz CT molecular complexity index is 223. The van der Waals surface area contributed by atoms with Crippen LogP contribution in [0.2, 0.25) is 0 Å². The summed E-state index contributed by atoms with van der Waals surface area (Å²) in [6.07, 6.45) is 1.50. The number of rotatable bonds is 2. The van der Waals surface area contributed by atoms with E-state index in [1.54, 1.807) is 0 Å². The molecule has 0 rings (SSSR count). The van der Waals surface area contributed by atoms with E-state index in [2.05, 4.69) is 0 Å². The fraction of sp³-hybridized carbons (Fsp3) is 0.250. The molecule has 0 aliphatic rings. The molecular formula is C4H6O4S. The summed E-state index contributed by atoms with van der Waals surface area (Å²) in [4.78, 5) is 9.69. The summed E-state index contributed by atoms with van der Waals surface area (Å²) in [5.41, 5.74) is 0. The molecule has 9 heavy (non-hydrogen) atoms. The molecule has 0 saturated heterocycles. The molecule has 0 aromatic rings. The molecule has 5 heteroatoms. The van der Waals surface area contributed by atoms with E-state index in [0.29, 0.717) is 11.5 Å². The van der Waals surface area contributed by atoms with Crippen LogP contribution in [0.25, 0.3) is 0 Å². The Labute approximate surface area is 52.7 Å². The van der Waals surface area contributed by atoms with Gasteiger partial charge in [0.15, 0.2) is 9.84 Å². The number of carboxylic acid groups (broad SMARTS) is 1. The van der Waals surface area contributed by atoms with Gasteiger partial charge < -0.3 is 5.11 Å². The van der Waals surface area contributed by atoms with Crippen LogP contribution < -0.4 is 0 Å². The molecule has 0 unspecified atom stereocenters. The predicted molar refractivity (Wildman–Crippen MR) is 31.6 cm³/mol. The Balaban J connectivity index is 4.21. The van der Waals surface area contributed by atoms with Gasteiger partial charge in [-0.1, -0.05) is 0 Å². The lowest BCUT2D eigenvalue weighted by Crippen LogP contribution is -1.92. The summed E-state index contributed by atoms with van der Waals surface area (Å²) in [5.74, 6) is -1.26. The van der Waals surface area contributed by atoms with Crippen LogP contribution in [0, 0.1) is 0 Å². The van der Waals surface area contributed by atoms with Crippen LogP contribution in [0.3, 0.4) is 0 Å². The molecule has 52 valence electrons. The summed E-state index contributed by atoms with van der Waals surface area (Å²) in [7, 11) is -3.28. The third kappa shape index (κ3) is 7.16. The molecule has 0 saturated carbocycles. The average molecular weight is 150 g/mol. The maximum atomic E-state index is 10.2. The van der Waals surface area contributed by atoms with E-state index in [9.17, 15) is 13.2 Å². The molecular weight excluding hydrogens is 144 g/mol. The fourth-order valence-corrected chi connectivity index (χ4v) is 0.545. The van der Waals surface area contributed by atoms with Crippen molar-refractivity contribution in [3.8, 4) is 0 Å². The van der Waals surface area contributed by atoms with Gasteiger partial charge in [-0.15, -0.1) is 0 Å². The van der Waals surface area contributed by atoms with E-state index in [0.717, 1.165) is 6.26 Å². The van der Waals surface area contributed by atoms with Crippen LogP contribution in [0.5, 0.6) is 0 Å². The van der Waals surface area contributed by atoms with Gasteiger partial charge in [0, 0.05) is 17.7 Å². The smallest absolute Gasteiger partial charge is 0.329 e. The highest BCUT2D eigenvalue weighted by atomic mass is 32.2. The number of sulfone groups is 1. The van der Waals surface area contributed by atoms with Crippen LogP contribution in [0.15, 0.2) is 11.5 Å². The second-order valence-electron chi connectivity index (χ2n) is 1.47. The van der Waals surface area contributed by atoms with Crippen molar-refractivity contribution in [2.45, 2.75) is 0 Å². The zero-order valence-electron chi connectivity index (χ0n) is 4.73. The molecule has 4 nitrogen and oxygen atoms in total. The minimum absolute atomic E-state index is 0.579. The van der Waals surface area contributed by atoms with E-state index in [-0.39, 0.29) is 0 Å². The molecule has 0 aromatic carbocycles. The Hall–Kier alpha value is -0.840. The molecule has 0 heterocycles. The van der Waals surface area contributed by atoms with Gasteiger partial charge in [0.25, 0.3) is 0 Å². The lowest BCUT2D eigenvalue weighted by Gasteiger charge is -1.80. The van der Waals surface area contributed by atoms with Gasteiger partial charge in [0.05, 0.1) is 0 Å². The van der Waals surface area contributed by atoms with Crippen molar-refractivity contribution in [3.63, 3.8) is 0 Å². The Morgan fingerprint density at radius 1 is 1.56 bits per heavy atom. The first-order valence-corrected chi connectivity index (χ1v) is 3.98. The minimum atomic E-state index is -3.28. The lowest BCUT2D eigenvalue weighted by molar-refractivity contribution is -0.131. The zero-order chi connectivity index (χ0) is 7.49.